The van der Waals surface area contributed by atoms with Crippen molar-refractivity contribution in [1.82, 2.24) is 24.2 Å². The van der Waals surface area contributed by atoms with Gasteiger partial charge in [0.1, 0.15) is 10.8 Å². The van der Waals surface area contributed by atoms with Gasteiger partial charge in [0, 0.05) is 37.9 Å². The van der Waals surface area contributed by atoms with Crippen molar-refractivity contribution in [2.75, 3.05) is 31.1 Å². The van der Waals surface area contributed by atoms with Crippen LogP contribution in [0.3, 0.4) is 0 Å². The van der Waals surface area contributed by atoms with Gasteiger partial charge in [0.05, 0.1) is 23.4 Å². The molecule has 0 aromatic carbocycles. The average Bonchev–Trinajstić information content (AvgIpc) is 3.20. The number of hydrogen-bond acceptors (Lipinski definition) is 5. The number of hydrogen-bond donors (Lipinski definition) is 0. The number of sulfone groups is 1. The van der Waals surface area contributed by atoms with Crippen LogP contribution in [0, 0.1) is 0 Å². The maximum atomic E-state index is 11.6. The lowest BCUT2D eigenvalue weighted by molar-refractivity contribution is 0.292. The molecule has 4 rings (SSSR count). The summed E-state index contributed by atoms with van der Waals surface area (Å²) < 4.78 is 26.9. The van der Waals surface area contributed by atoms with E-state index in [2.05, 4.69) is 21.2 Å². The first-order valence-corrected chi connectivity index (χ1v) is 11.2. The highest BCUT2D eigenvalue weighted by Crippen LogP contribution is 2.26. The zero-order chi connectivity index (χ0) is 19.0. The van der Waals surface area contributed by atoms with Crippen LogP contribution in [-0.2, 0) is 23.3 Å². The molecule has 0 atom stereocenters. The van der Waals surface area contributed by atoms with Crippen LogP contribution in [0.2, 0.25) is 5.15 Å². The van der Waals surface area contributed by atoms with Gasteiger partial charge in [-0.25, -0.2) is 13.4 Å². The molecule has 0 amide bonds. The Morgan fingerprint density at radius 3 is 2.67 bits per heavy atom. The molecule has 3 aromatic rings. The van der Waals surface area contributed by atoms with E-state index in [0.717, 1.165) is 36.1 Å². The fourth-order valence-electron chi connectivity index (χ4n) is 3.54. The Hall–Kier alpha value is -1.90. The molecular formula is C18H22ClN5O2S. The number of fused-ring (bicyclic) bond motifs is 1. The largest absolute Gasteiger partial charge is 0.301 e. The first-order valence-electron chi connectivity index (χ1n) is 8.99. The van der Waals surface area contributed by atoms with E-state index >= 15 is 0 Å². The molecule has 27 heavy (non-hydrogen) atoms. The lowest BCUT2D eigenvalue weighted by Gasteiger charge is -2.26. The van der Waals surface area contributed by atoms with Gasteiger partial charge in [-0.3, -0.25) is 9.25 Å². The number of pyridine rings is 1. The number of nitrogens with zero attached hydrogens (tertiary/aromatic N) is 5. The van der Waals surface area contributed by atoms with E-state index in [4.69, 9.17) is 11.6 Å². The fourth-order valence-corrected chi connectivity index (χ4v) is 4.96. The van der Waals surface area contributed by atoms with E-state index in [1.54, 1.807) is 10.9 Å². The zero-order valence-electron chi connectivity index (χ0n) is 15.2. The van der Waals surface area contributed by atoms with Gasteiger partial charge < -0.3 is 4.90 Å². The minimum atomic E-state index is -2.82. The molecule has 1 aliphatic rings. The maximum Gasteiger partial charge on any atom is 0.152 e. The van der Waals surface area contributed by atoms with E-state index in [1.165, 1.54) is 5.56 Å². The smallest absolute Gasteiger partial charge is 0.152 e. The van der Waals surface area contributed by atoms with Gasteiger partial charge >= 0.3 is 0 Å². The highest BCUT2D eigenvalue weighted by molar-refractivity contribution is 7.91. The van der Waals surface area contributed by atoms with Crippen LogP contribution in [0.15, 0.2) is 30.7 Å². The minimum absolute atomic E-state index is 0.274. The van der Waals surface area contributed by atoms with E-state index < -0.39 is 9.84 Å². The molecule has 1 aliphatic heterocycles. The van der Waals surface area contributed by atoms with Crippen molar-refractivity contribution in [2.24, 2.45) is 7.05 Å². The molecule has 7 nitrogen and oxygen atoms in total. The lowest BCUT2D eigenvalue weighted by Crippen LogP contribution is -2.40. The molecule has 0 unspecified atom stereocenters. The summed E-state index contributed by atoms with van der Waals surface area (Å²) in [6, 6.07) is 3.83. The first-order chi connectivity index (χ1) is 12.9. The second-order valence-corrected chi connectivity index (χ2v) is 9.69. The molecule has 0 spiro atoms. The topological polar surface area (TPSA) is 73.0 Å². The molecule has 1 fully saturated rings. The summed E-state index contributed by atoms with van der Waals surface area (Å²) in [5, 5.41) is 5.80. The number of rotatable bonds is 5. The van der Waals surface area contributed by atoms with Crippen LogP contribution >= 0.6 is 11.6 Å². The molecule has 0 saturated carbocycles. The SMILES string of the molecule is Cn1cc(-n2cc(CCCN3CCS(=O)(=O)CC3)c3ccc(Cl)nc32)cn1. The molecule has 144 valence electrons. The molecule has 9 heteroatoms. The van der Waals surface area contributed by atoms with Crippen molar-refractivity contribution in [1.29, 1.82) is 0 Å². The third kappa shape index (κ3) is 4.02. The van der Waals surface area contributed by atoms with Crippen LogP contribution in [0.25, 0.3) is 16.7 Å². The van der Waals surface area contributed by atoms with Crippen molar-refractivity contribution < 1.29 is 8.42 Å². The predicted molar refractivity (Wildman–Crippen MR) is 106 cm³/mol. The van der Waals surface area contributed by atoms with Crippen molar-refractivity contribution in [3.63, 3.8) is 0 Å². The van der Waals surface area contributed by atoms with Gasteiger partial charge in [-0.05, 0) is 37.1 Å². The van der Waals surface area contributed by atoms with Crippen LogP contribution < -0.4 is 0 Å². The Bertz CT molecular complexity index is 1060. The fraction of sp³-hybridized carbons (Fsp3) is 0.444. The summed E-state index contributed by atoms with van der Waals surface area (Å²) in [5.74, 6) is 0.547. The molecule has 0 aliphatic carbocycles. The Morgan fingerprint density at radius 1 is 1.19 bits per heavy atom. The first kappa shape index (κ1) is 18.5. The van der Waals surface area contributed by atoms with Gasteiger partial charge in [-0.15, -0.1) is 0 Å². The van der Waals surface area contributed by atoms with Gasteiger partial charge in [-0.1, -0.05) is 11.6 Å². The van der Waals surface area contributed by atoms with Crippen LogP contribution in [0.5, 0.6) is 0 Å². The van der Waals surface area contributed by atoms with E-state index in [0.29, 0.717) is 18.2 Å². The Labute approximate surface area is 163 Å². The third-order valence-electron chi connectivity index (χ3n) is 5.03. The lowest BCUT2D eigenvalue weighted by atomic mass is 10.1. The molecule has 0 N–H and O–H groups in total. The summed E-state index contributed by atoms with van der Waals surface area (Å²) in [4.78, 5) is 6.74. The summed E-state index contributed by atoms with van der Waals surface area (Å²) in [5.41, 5.74) is 2.99. The minimum Gasteiger partial charge on any atom is -0.301 e. The monoisotopic (exact) mass is 407 g/mol. The highest BCUT2D eigenvalue weighted by Gasteiger charge is 2.21. The van der Waals surface area contributed by atoms with E-state index in [9.17, 15) is 8.42 Å². The molecule has 4 heterocycles. The normalized spacial score (nSPS) is 17.6. The third-order valence-corrected chi connectivity index (χ3v) is 6.85. The second kappa shape index (κ2) is 7.26. The highest BCUT2D eigenvalue weighted by atomic mass is 35.5. The quantitative estimate of drug-likeness (QED) is 0.605. The van der Waals surface area contributed by atoms with Crippen LogP contribution in [0.4, 0.5) is 0 Å². The summed E-state index contributed by atoms with van der Waals surface area (Å²) in [6.07, 6.45) is 7.72. The number of halogens is 1. The van der Waals surface area contributed by atoms with Gasteiger partial charge in [0.25, 0.3) is 0 Å². The summed E-state index contributed by atoms with van der Waals surface area (Å²) >= 11 is 6.12. The van der Waals surface area contributed by atoms with Gasteiger partial charge in [-0.2, -0.15) is 5.10 Å². The standard InChI is InChI=1S/C18H22ClN5O2S/c1-22-13-15(11-20-22)24-12-14(16-4-5-17(19)21-18(16)24)3-2-6-23-7-9-27(25,26)10-8-23/h4-5,11-13H,2-3,6-10H2,1H3. The molecule has 1 saturated heterocycles. The van der Waals surface area contributed by atoms with Crippen LogP contribution in [-0.4, -0.2) is 63.8 Å². The van der Waals surface area contributed by atoms with Crippen molar-refractivity contribution in [3.05, 3.63) is 41.4 Å². The molecule has 0 bridgehead atoms. The van der Waals surface area contributed by atoms with Gasteiger partial charge in [0.15, 0.2) is 9.84 Å². The van der Waals surface area contributed by atoms with Gasteiger partial charge in [0.2, 0.25) is 0 Å². The molecule has 0 radical (unpaired) electrons. The molecular weight excluding hydrogens is 386 g/mol. The summed E-state index contributed by atoms with van der Waals surface area (Å²) in [7, 11) is -0.941. The van der Waals surface area contributed by atoms with Crippen molar-refractivity contribution in [3.8, 4) is 5.69 Å². The zero-order valence-corrected chi connectivity index (χ0v) is 16.7. The molecule has 3 aromatic heterocycles. The Morgan fingerprint density at radius 2 is 1.96 bits per heavy atom. The number of aryl methyl sites for hydroxylation is 2. The van der Waals surface area contributed by atoms with E-state index in [-0.39, 0.29) is 11.5 Å². The summed E-state index contributed by atoms with van der Waals surface area (Å²) in [6.45, 7) is 2.17. The van der Waals surface area contributed by atoms with E-state index in [1.807, 2.05) is 29.9 Å². The predicted octanol–water partition coefficient (Wildman–Crippen LogP) is 2.08. The second-order valence-electron chi connectivity index (χ2n) is 7.00. The number of aromatic nitrogens is 4. The van der Waals surface area contributed by atoms with Crippen LogP contribution in [0.1, 0.15) is 12.0 Å². The van der Waals surface area contributed by atoms with Crippen molar-refractivity contribution in [2.45, 2.75) is 12.8 Å². The maximum absolute atomic E-state index is 11.6. The average molecular weight is 408 g/mol. The Kier molecular flexibility index (Phi) is 4.96. The van der Waals surface area contributed by atoms with Crippen molar-refractivity contribution >= 4 is 32.5 Å². The Balaban J connectivity index is 1.52.